The molecule has 31 nitrogen and oxygen atoms in total. The van der Waals surface area contributed by atoms with Crippen molar-refractivity contribution in [2.75, 3.05) is 45.9 Å². The normalized spacial score (nSPS) is 22.6. The zero-order valence-corrected chi connectivity index (χ0v) is 50.8. The van der Waals surface area contributed by atoms with Crippen LogP contribution in [-0.4, -0.2) is 200 Å². The van der Waals surface area contributed by atoms with Gasteiger partial charge in [0.2, 0.25) is 65.0 Å². The van der Waals surface area contributed by atoms with Crippen molar-refractivity contribution in [2.24, 2.45) is 40.5 Å². The maximum atomic E-state index is 14.5. The molecular formula is C56H96N16O15. The minimum absolute atomic E-state index is 0.0338. The summed E-state index contributed by atoms with van der Waals surface area (Å²) in [5.41, 5.74) is 29.9. The van der Waals surface area contributed by atoms with Crippen LogP contribution in [0.4, 0.5) is 0 Å². The summed E-state index contributed by atoms with van der Waals surface area (Å²) in [4.78, 5) is 166. The molecule has 31 heteroatoms. The number of aliphatic hydroxyl groups excluding tert-OH is 2. The molecule has 1 aliphatic heterocycles. The molecule has 1 fully saturated rings. The summed E-state index contributed by atoms with van der Waals surface area (Å²) in [6.07, 6.45) is -3.79. The molecule has 2 rings (SSSR count). The molecule has 13 atom stereocenters. The number of unbranched alkanes of at least 4 members (excludes halogenated alkanes) is 1. The van der Waals surface area contributed by atoms with Crippen LogP contribution >= 0.6 is 0 Å². The van der Waals surface area contributed by atoms with Gasteiger partial charge in [-0.1, -0.05) is 64.4 Å². The average Bonchev–Trinajstić information content (AvgIpc) is 3.04. The Morgan fingerprint density at radius 2 is 1.09 bits per heavy atom. The minimum Gasteiger partial charge on any atom is -0.465 e. The predicted octanol–water partition coefficient (Wildman–Crippen LogP) is -6.48. The highest BCUT2D eigenvalue weighted by molar-refractivity contribution is 5.99. The van der Waals surface area contributed by atoms with Crippen LogP contribution in [0.5, 0.6) is 0 Å². The van der Waals surface area contributed by atoms with E-state index < -0.39 is 162 Å². The van der Waals surface area contributed by atoms with Crippen molar-refractivity contribution in [3.05, 3.63) is 35.9 Å². The van der Waals surface area contributed by atoms with Crippen molar-refractivity contribution >= 4 is 70.9 Å². The third kappa shape index (κ3) is 27.0. The Morgan fingerprint density at radius 1 is 0.598 bits per heavy atom. The number of amides is 11. The second-order valence-corrected chi connectivity index (χ2v) is 21.9. The molecule has 0 aromatic heterocycles. The fourth-order valence-electron chi connectivity index (χ4n) is 8.95. The molecule has 0 aliphatic carbocycles. The van der Waals surface area contributed by atoms with Gasteiger partial charge in [-0.2, -0.15) is 0 Å². The lowest BCUT2D eigenvalue weighted by Crippen LogP contribution is -2.62. The number of carbonyl (C=O) groups is 12. The van der Waals surface area contributed by atoms with Gasteiger partial charge in [-0.25, -0.2) is 0 Å². The lowest BCUT2D eigenvalue weighted by atomic mass is 10.00. The molecule has 0 saturated carbocycles. The Bertz CT molecular complexity index is 2420. The number of hydrogen-bond acceptors (Lipinski definition) is 20. The molecular weight excluding hydrogens is 1140 g/mol. The molecule has 1 aliphatic rings. The van der Waals surface area contributed by atoms with Crippen LogP contribution in [0.25, 0.3) is 0 Å². The smallest absolute Gasteiger partial charge is 0.309 e. The summed E-state index contributed by atoms with van der Waals surface area (Å²) < 4.78 is 5.18. The first-order valence-electron chi connectivity index (χ1n) is 29.6. The topological polar surface area (TPSA) is 517 Å². The summed E-state index contributed by atoms with van der Waals surface area (Å²) in [5, 5.41) is 49.3. The lowest BCUT2D eigenvalue weighted by molar-refractivity contribution is -0.150. The average molecular weight is 1230 g/mol. The van der Waals surface area contributed by atoms with Crippen LogP contribution in [0.15, 0.2) is 30.3 Å². The molecule has 0 spiro atoms. The molecule has 11 amide bonds. The molecule has 1 aromatic rings. The summed E-state index contributed by atoms with van der Waals surface area (Å²) in [7, 11) is 0. The van der Waals surface area contributed by atoms with E-state index in [1.54, 1.807) is 44.2 Å². The molecule has 0 radical (unpaired) electrons. The van der Waals surface area contributed by atoms with Gasteiger partial charge in [-0.15, -0.1) is 0 Å². The van der Waals surface area contributed by atoms with Gasteiger partial charge in [0, 0.05) is 19.4 Å². The van der Waals surface area contributed by atoms with Crippen molar-refractivity contribution in [1.29, 1.82) is 0 Å². The van der Waals surface area contributed by atoms with Gasteiger partial charge in [-0.3, -0.25) is 57.5 Å². The highest BCUT2D eigenvalue weighted by atomic mass is 16.5. The van der Waals surface area contributed by atoms with Crippen LogP contribution < -0.4 is 87.2 Å². The Labute approximate surface area is 507 Å². The first kappa shape index (κ1) is 75.7. The SMILES string of the molecule is CCCCOC(=O)C(C)CC(=O)N[C@@H](CCN)C(=O)N[C@H](C(=O)N[C@@H](CCN)C(=O)N[C@H]1CCNC(=O)[C@H]([C@H](C)O)NC(=O)[C@H](CCN)NC(=O)[C@H](CCN)NC(=O)[C@H](CC(C)C)NC(=O)[C@@H](Cc2ccccc2)NC(=O)[C@H](CCN)NC1=O)C(C)O. The number of rotatable bonds is 29. The molecule has 1 saturated heterocycles. The second-order valence-electron chi connectivity index (χ2n) is 21.9. The van der Waals surface area contributed by atoms with Gasteiger partial charge < -0.3 is 102 Å². The van der Waals surface area contributed by atoms with E-state index in [0.717, 1.165) is 13.3 Å². The van der Waals surface area contributed by atoms with Crippen molar-refractivity contribution in [1.82, 2.24) is 58.5 Å². The van der Waals surface area contributed by atoms with Gasteiger partial charge >= 0.3 is 5.97 Å². The molecule has 23 N–H and O–H groups in total. The van der Waals surface area contributed by atoms with Gasteiger partial charge in [0.05, 0.1) is 24.7 Å². The quantitative estimate of drug-likeness (QED) is 0.0262. The molecule has 0 bridgehead atoms. The number of ether oxygens (including phenoxy) is 1. The van der Waals surface area contributed by atoms with Crippen molar-refractivity contribution < 1.29 is 72.5 Å². The van der Waals surface area contributed by atoms with Gasteiger partial charge in [0.1, 0.15) is 60.4 Å². The second kappa shape index (κ2) is 40.1. The fourth-order valence-corrected chi connectivity index (χ4v) is 8.95. The summed E-state index contributed by atoms with van der Waals surface area (Å²) >= 11 is 0. The van der Waals surface area contributed by atoms with E-state index in [0.29, 0.717) is 12.0 Å². The molecule has 2 unspecified atom stereocenters. The standard InChI is InChI=1S/C56H96N16O15/c1-7-8-26-87-56(86)31(4)28-43(75)63-35(14-20-57)50(80)72-45(33(6)74)55(85)68-38(17-23-60)47(77)67-40-19-25-62-54(84)44(32(5)73)71-51(81)39(18-24-61)65-46(76)36(15-21-58)66-52(82)41(27-30(2)3)69-53(83)42(29-34-12-10-9-11-13-34)70-48(78)37(16-22-59)64-49(40)79/h9-13,30-33,35-42,44-45,73-74H,7-8,14-29,57-61H2,1-6H3,(H,62,84)(H,63,75)(H,64,79)(H,65,76)(H,66,82)(H,67,77)(H,68,85)(H,69,83)(H,70,78)(H,71,81)(H,72,80)/t31?,32-,33?,35-,36-,37-,38-,39-,40-,41-,42+,44-,45-/m0/s1. The third-order valence-corrected chi connectivity index (χ3v) is 13.8. The van der Waals surface area contributed by atoms with E-state index in [4.69, 9.17) is 33.4 Å². The van der Waals surface area contributed by atoms with Gasteiger partial charge in [-0.05, 0) is 109 Å². The monoisotopic (exact) mass is 1230 g/mol. The highest BCUT2D eigenvalue weighted by Crippen LogP contribution is 2.12. The van der Waals surface area contributed by atoms with Crippen LogP contribution in [-0.2, 0) is 68.7 Å². The Balaban J connectivity index is 2.67. The number of carbonyl (C=O) groups excluding carboxylic acids is 12. The largest absolute Gasteiger partial charge is 0.465 e. The van der Waals surface area contributed by atoms with Crippen LogP contribution in [0.1, 0.15) is 111 Å². The van der Waals surface area contributed by atoms with Crippen molar-refractivity contribution in [3.63, 3.8) is 0 Å². The minimum atomic E-state index is -1.78. The first-order chi connectivity index (χ1) is 41.2. The predicted molar refractivity (Wildman–Crippen MR) is 318 cm³/mol. The number of benzene rings is 1. The third-order valence-electron chi connectivity index (χ3n) is 13.8. The molecule has 1 aromatic carbocycles. The van der Waals surface area contributed by atoms with Crippen LogP contribution in [0, 0.1) is 11.8 Å². The van der Waals surface area contributed by atoms with Crippen molar-refractivity contribution in [3.8, 4) is 0 Å². The Kier molecular flexibility index (Phi) is 34.9. The lowest BCUT2D eigenvalue weighted by Gasteiger charge is -2.29. The van der Waals surface area contributed by atoms with Crippen LogP contribution in [0.2, 0.25) is 0 Å². The maximum Gasteiger partial charge on any atom is 0.309 e. The number of hydrogen-bond donors (Lipinski definition) is 18. The molecule has 1 heterocycles. The zero-order chi connectivity index (χ0) is 65.3. The van der Waals surface area contributed by atoms with Crippen molar-refractivity contribution in [2.45, 2.75) is 185 Å². The van der Waals surface area contributed by atoms with E-state index in [9.17, 15) is 67.7 Å². The van der Waals surface area contributed by atoms with Gasteiger partial charge in [0.25, 0.3) is 0 Å². The number of nitrogens with one attached hydrogen (secondary N) is 11. The summed E-state index contributed by atoms with van der Waals surface area (Å²) in [6, 6.07) is -6.71. The number of nitrogens with two attached hydrogens (primary N) is 5. The molecule has 87 heavy (non-hydrogen) atoms. The zero-order valence-electron chi connectivity index (χ0n) is 50.8. The summed E-state index contributed by atoms with van der Waals surface area (Å²) in [5.74, 6) is -12.1. The van der Waals surface area contributed by atoms with E-state index in [1.165, 1.54) is 13.8 Å². The van der Waals surface area contributed by atoms with E-state index in [1.807, 2.05) is 6.92 Å². The van der Waals surface area contributed by atoms with E-state index >= 15 is 0 Å². The Hall–Kier alpha value is -7.42. The van der Waals surface area contributed by atoms with Crippen LogP contribution in [0.3, 0.4) is 0 Å². The maximum absolute atomic E-state index is 14.5. The fraction of sp³-hybridized carbons (Fsp3) is 0.679. The summed E-state index contributed by atoms with van der Waals surface area (Å²) in [6.45, 7) is 8.09. The molecule has 490 valence electrons. The number of aliphatic hydroxyl groups is 2. The van der Waals surface area contributed by atoms with Gasteiger partial charge in [0.15, 0.2) is 0 Å². The Morgan fingerprint density at radius 3 is 1.60 bits per heavy atom. The highest BCUT2D eigenvalue weighted by Gasteiger charge is 2.38. The van der Waals surface area contributed by atoms with E-state index in [2.05, 4.69) is 58.5 Å². The number of esters is 1. The van der Waals surface area contributed by atoms with E-state index in [-0.39, 0.29) is 96.6 Å². The first-order valence-corrected chi connectivity index (χ1v) is 29.6.